The van der Waals surface area contributed by atoms with Crippen molar-refractivity contribution in [2.75, 3.05) is 13.1 Å². The summed E-state index contributed by atoms with van der Waals surface area (Å²) in [6.07, 6.45) is 1.59. The van der Waals surface area contributed by atoms with Crippen molar-refractivity contribution in [3.8, 4) is 0 Å². The number of nitrogens with two attached hydrogens (primary N) is 1. The van der Waals surface area contributed by atoms with Crippen LogP contribution < -0.4 is 5.73 Å². The number of carbonyl (C=O) groups excluding carboxylic acids is 1. The molecule has 0 aliphatic carbocycles. The maximum Gasteiger partial charge on any atom is 0.239 e. The minimum absolute atomic E-state index is 0.0681. The average molecular weight is 216 g/mol. The Hall–Kier alpha value is -0.610. The quantitative estimate of drug-likeness (QED) is 0.688. The maximum atomic E-state index is 11.8. The molecule has 0 bridgehead atoms. The van der Waals surface area contributed by atoms with Crippen LogP contribution in [-0.4, -0.2) is 40.6 Å². The molecule has 0 unspecified atom stereocenters. The number of nitrogens with zero attached hydrogens (tertiary/aromatic N) is 1. The fourth-order valence-corrected chi connectivity index (χ4v) is 1.48. The second-order valence-electron chi connectivity index (χ2n) is 4.56. The molecule has 0 radical (unpaired) electrons. The van der Waals surface area contributed by atoms with E-state index in [0.29, 0.717) is 19.5 Å². The van der Waals surface area contributed by atoms with Crippen LogP contribution in [0.15, 0.2) is 0 Å². The van der Waals surface area contributed by atoms with Gasteiger partial charge in [-0.05, 0) is 27.2 Å². The Kier molecular flexibility index (Phi) is 5.83. The van der Waals surface area contributed by atoms with E-state index in [1.807, 2.05) is 13.8 Å². The number of carbonyl (C=O) groups is 1. The van der Waals surface area contributed by atoms with Gasteiger partial charge in [0.25, 0.3) is 0 Å². The molecule has 0 spiro atoms. The molecule has 1 atom stereocenters. The van der Waals surface area contributed by atoms with Gasteiger partial charge >= 0.3 is 0 Å². The second-order valence-corrected chi connectivity index (χ2v) is 4.56. The van der Waals surface area contributed by atoms with Crippen LogP contribution in [0.2, 0.25) is 0 Å². The first kappa shape index (κ1) is 14.4. The molecular weight excluding hydrogens is 192 g/mol. The van der Waals surface area contributed by atoms with Crippen molar-refractivity contribution in [3.63, 3.8) is 0 Å². The fraction of sp³-hybridized carbons (Fsp3) is 0.909. The van der Waals surface area contributed by atoms with Crippen molar-refractivity contribution >= 4 is 5.91 Å². The summed E-state index contributed by atoms with van der Waals surface area (Å²) in [6, 6.07) is -0.433. The molecular formula is C11H24N2O2. The van der Waals surface area contributed by atoms with E-state index >= 15 is 0 Å². The highest BCUT2D eigenvalue weighted by Crippen LogP contribution is 2.07. The molecule has 4 heteroatoms. The number of aliphatic hydroxyl groups is 1. The van der Waals surface area contributed by atoms with Crippen LogP contribution in [0, 0.1) is 0 Å². The van der Waals surface area contributed by atoms with Crippen molar-refractivity contribution in [2.45, 2.75) is 52.2 Å². The van der Waals surface area contributed by atoms with Gasteiger partial charge in [-0.2, -0.15) is 0 Å². The molecule has 0 fully saturated rings. The van der Waals surface area contributed by atoms with Gasteiger partial charge in [0.1, 0.15) is 0 Å². The Morgan fingerprint density at radius 3 is 2.33 bits per heavy atom. The van der Waals surface area contributed by atoms with E-state index in [9.17, 15) is 9.90 Å². The van der Waals surface area contributed by atoms with Crippen LogP contribution in [0.1, 0.15) is 40.5 Å². The van der Waals surface area contributed by atoms with E-state index in [1.54, 1.807) is 18.7 Å². The van der Waals surface area contributed by atoms with Crippen molar-refractivity contribution in [3.05, 3.63) is 0 Å². The largest absolute Gasteiger partial charge is 0.389 e. The molecule has 0 aliphatic rings. The predicted octanol–water partition coefficient (Wildman–Crippen LogP) is 0.733. The molecule has 3 N–H and O–H groups in total. The Morgan fingerprint density at radius 1 is 1.47 bits per heavy atom. The number of rotatable bonds is 6. The van der Waals surface area contributed by atoms with Gasteiger partial charge in [0.05, 0.1) is 11.6 Å². The minimum Gasteiger partial charge on any atom is -0.389 e. The Balaban J connectivity index is 4.34. The van der Waals surface area contributed by atoms with Crippen molar-refractivity contribution in [2.24, 2.45) is 5.73 Å². The monoisotopic (exact) mass is 216 g/mol. The summed E-state index contributed by atoms with van der Waals surface area (Å²) in [6.45, 7) is 8.18. The molecule has 0 rings (SSSR count). The lowest BCUT2D eigenvalue weighted by molar-refractivity contribution is -0.135. The molecule has 15 heavy (non-hydrogen) atoms. The average Bonchev–Trinajstić information content (AvgIpc) is 2.12. The van der Waals surface area contributed by atoms with Crippen molar-refractivity contribution in [1.82, 2.24) is 4.90 Å². The summed E-state index contributed by atoms with van der Waals surface area (Å²) in [7, 11) is 0. The molecule has 0 aromatic heterocycles. The molecule has 4 nitrogen and oxygen atoms in total. The highest BCUT2D eigenvalue weighted by atomic mass is 16.3. The van der Waals surface area contributed by atoms with Gasteiger partial charge in [-0.3, -0.25) is 4.79 Å². The van der Waals surface area contributed by atoms with E-state index < -0.39 is 11.6 Å². The number of hydrogen-bond acceptors (Lipinski definition) is 3. The topological polar surface area (TPSA) is 66.6 Å². The molecule has 0 heterocycles. The Labute approximate surface area is 92.4 Å². The van der Waals surface area contributed by atoms with Gasteiger partial charge < -0.3 is 15.7 Å². The van der Waals surface area contributed by atoms with Crippen LogP contribution in [0.25, 0.3) is 0 Å². The van der Waals surface area contributed by atoms with Crippen LogP contribution in [0.5, 0.6) is 0 Å². The second kappa shape index (κ2) is 6.08. The SMILES string of the molecule is CCC[C@@H](N)C(=O)N(CC)CC(C)(C)O. The number of amides is 1. The minimum atomic E-state index is -0.863. The van der Waals surface area contributed by atoms with Crippen LogP contribution in [0.3, 0.4) is 0 Å². The van der Waals surface area contributed by atoms with Gasteiger partial charge in [0, 0.05) is 13.1 Å². The third kappa shape index (κ3) is 5.74. The van der Waals surface area contributed by atoms with E-state index in [1.165, 1.54) is 0 Å². The van der Waals surface area contributed by atoms with E-state index in [0.717, 1.165) is 6.42 Å². The molecule has 0 aromatic rings. The highest BCUT2D eigenvalue weighted by Gasteiger charge is 2.24. The zero-order chi connectivity index (χ0) is 12.1. The standard InChI is InChI=1S/C11H24N2O2/c1-5-7-9(12)10(14)13(6-2)8-11(3,4)15/h9,15H,5-8,12H2,1-4H3/t9-/m1/s1. The first-order chi connectivity index (χ1) is 6.81. The smallest absolute Gasteiger partial charge is 0.239 e. The van der Waals surface area contributed by atoms with Gasteiger partial charge in [-0.1, -0.05) is 13.3 Å². The zero-order valence-corrected chi connectivity index (χ0v) is 10.3. The van der Waals surface area contributed by atoms with Crippen LogP contribution in [0.4, 0.5) is 0 Å². The van der Waals surface area contributed by atoms with Gasteiger partial charge in [0.15, 0.2) is 0 Å². The number of likely N-dealkylation sites (N-methyl/N-ethyl adjacent to an activating group) is 1. The van der Waals surface area contributed by atoms with Crippen molar-refractivity contribution < 1.29 is 9.90 Å². The fourth-order valence-electron chi connectivity index (χ4n) is 1.48. The van der Waals surface area contributed by atoms with E-state index in [2.05, 4.69) is 0 Å². The summed E-state index contributed by atoms with van der Waals surface area (Å²) >= 11 is 0. The lowest BCUT2D eigenvalue weighted by Crippen LogP contribution is -2.48. The normalized spacial score (nSPS) is 13.7. The first-order valence-electron chi connectivity index (χ1n) is 5.58. The van der Waals surface area contributed by atoms with Crippen LogP contribution in [-0.2, 0) is 4.79 Å². The lowest BCUT2D eigenvalue weighted by Gasteiger charge is -2.30. The summed E-state index contributed by atoms with van der Waals surface area (Å²) in [4.78, 5) is 13.4. The van der Waals surface area contributed by atoms with E-state index in [4.69, 9.17) is 5.73 Å². The third-order valence-electron chi connectivity index (χ3n) is 2.19. The number of hydrogen-bond donors (Lipinski definition) is 2. The molecule has 0 saturated carbocycles. The maximum absolute atomic E-state index is 11.8. The van der Waals surface area contributed by atoms with Gasteiger partial charge in [0.2, 0.25) is 5.91 Å². The third-order valence-corrected chi connectivity index (χ3v) is 2.19. The predicted molar refractivity (Wildman–Crippen MR) is 61.4 cm³/mol. The highest BCUT2D eigenvalue weighted by molar-refractivity contribution is 5.81. The lowest BCUT2D eigenvalue weighted by atomic mass is 10.1. The molecule has 0 saturated heterocycles. The summed E-state index contributed by atoms with van der Waals surface area (Å²) in [5.41, 5.74) is 4.89. The zero-order valence-electron chi connectivity index (χ0n) is 10.3. The first-order valence-corrected chi connectivity index (χ1v) is 5.58. The van der Waals surface area contributed by atoms with E-state index in [-0.39, 0.29) is 5.91 Å². The summed E-state index contributed by atoms with van der Waals surface area (Å²) < 4.78 is 0. The Morgan fingerprint density at radius 2 is 2.00 bits per heavy atom. The van der Waals surface area contributed by atoms with Crippen LogP contribution >= 0.6 is 0 Å². The summed E-state index contributed by atoms with van der Waals surface area (Å²) in [5.74, 6) is -0.0681. The molecule has 0 aromatic carbocycles. The molecule has 90 valence electrons. The summed E-state index contributed by atoms with van der Waals surface area (Å²) in [5, 5.41) is 9.65. The van der Waals surface area contributed by atoms with Gasteiger partial charge in [-0.25, -0.2) is 0 Å². The Bertz CT molecular complexity index is 199. The molecule has 1 amide bonds. The molecule has 0 aliphatic heterocycles. The van der Waals surface area contributed by atoms with Crippen molar-refractivity contribution in [1.29, 1.82) is 0 Å². The van der Waals surface area contributed by atoms with Gasteiger partial charge in [-0.15, -0.1) is 0 Å².